The van der Waals surface area contributed by atoms with Crippen molar-refractivity contribution in [3.8, 4) is 0 Å². The summed E-state index contributed by atoms with van der Waals surface area (Å²) in [5.41, 5.74) is 6.60. The summed E-state index contributed by atoms with van der Waals surface area (Å²) < 4.78 is 5.24. The fraction of sp³-hybridized carbons (Fsp3) is 0.538. The lowest BCUT2D eigenvalue weighted by molar-refractivity contribution is 0.00690. The molecule has 0 saturated heterocycles. The van der Waals surface area contributed by atoms with Gasteiger partial charge in [-0.3, -0.25) is 4.98 Å². The van der Waals surface area contributed by atoms with Gasteiger partial charge in [0.05, 0.1) is 11.3 Å². The summed E-state index contributed by atoms with van der Waals surface area (Å²) in [4.78, 5) is 15.9. The first-order valence-corrected chi connectivity index (χ1v) is 5.78. The van der Waals surface area contributed by atoms with Crippen molar-refractivity contribution in [3.63, 3.8) is 0 Å². The number of carbonyl (C=O) groups excluding carboxylic acids is 1. The van der Waals surface area contributed by atoms with E-state index in [1.165, 1.54) is 6.20 Å². The highest BCUT2D eigenvalue weighted by molar-refractivity contribution is 5.89. The van der Waals surface area contributed by atoms with Gasteiger partial charge in [0.1, 0.15) is 5.60 Å². The zero-order valence-electron chi connectivity index (χ0n) is 10.9. The van der Waals surface area contributed by atoms with E-state index in [0.717, 1.165) is 12.1 Å². The summed E-state index contributed by atoms with van der Waals surface area (Å²) in [7, 11) is 0. The molecular weight excluding hydrogens is 216 g/mol. The molecule has 1 atom stereocenters. The number of ether oxygens (including phenoxy) is 1. The fourth-order valence-corrected chi connectivity index (χ4v) is 1.29. The topological polar surface area (TPSA) is 65.2 Å². The summed E-state index contributed by atoms with van der Waals surface area (Å²) in [6, 6.07) is 3.39. The minimum absolute atomic E-state index is 0.0808. The van der Waals surface area contributed by atoms with E-state index < -0.39 is 5.60 Å². The maximum Gasteiger partial charge on any atom is 0.340 e. The first kappa shape index (κ1) is 13.6. The molecule has 94 valence electrons. The Labute approximate surface area is 102 Å². The van der Waals surface area contributed by atoms with Crippen LogP contribution in [0.1, 0.15) is 56.2 Å². The smallest absolute Gasteiger partial charge is 0.340 e. The zero-order valence-corrected chi connectivity index (χ0v) is 10.9. The molecule has 1 rings (SSSR count). The zero-order chi connectivity index (χ0) is 13.1. The van der Waals surface area contributed by atoms with Crippen LogP contribution in [0.2, 0.25) is 0 Å². The van der Waals surface area contributed by atoms with E-state index in [2.05, 4.69) is 4.98 Å². The van der Waals surface area contributed by atoms with Crippen LogP contribution in [0.5, 0.6) is 0 Å². The Morgan fingerprint density at radius 1 is 1.47 bits per heavy atom. The van der Waals surface area contributed by atoms with Crippen LogP contribution >= 0.6 is 0 Å². The molecule has 2 N–H and O–H groups in total. The van der Waals surface area contributed by atoms with E-state index in [1.54, 1.807) is 12.1 Å². The van der Waals surface area contributed by atoms with Crippen molar-refractivity contribution in [1.29, 1.82) is 0 Å². The second-order valence-corrected chi connectivity index (χ2v) is 4.99. The molecule has 1 aromatic heterocycles. The molecular formula is C13H20N2O2. The Kier molecular flexibility index (Phi) is 4.23. The van der Waals surface area contributed by atoms with Crippen molar-refractivity contribution in [2.24, 2.45) is 5.73 Å². The fourth-order valence-electron chi connectivity index (χ4n) is 1.29. The number of hydrogen-bond donors (Lipinski definition) is 1. The van der Waals surface area contributed by atoms with E-state index in [-0.39, 0.29) is 12.0 Å². The van der Waals surface area contributed by atoms with Gasteiger partial charge in [-0.2, -0.15) is 0 Å². The number of esters is 1. The van der Waals surface area contributed by atoms with Crippen LogP contribution in [0.3, 0.4) is 0 Å². The molecule has 17 heavy (non-hydrogen) atoms. The van der Waals surface area contributed by atoms with E-state index in [4.69, 9.17) is 10.5 Å². The van der Waals surface area contributed by atoms with Crippen LogP contribution in [0, 0.1) is 0 Å². The summed E-state index contributed by atoms with van der Waals surface area (Å²) in [6.07, 6.45) is 2.33. The van der Waals surface area contributed by atoms with Crippen LogP contribution in [0.4, 0.5) is 0 Å². The molecule has 1 heterocycles. The lowest BCUT2D eigenvalue weighted by atomic mass is 10.1. The molecule has 0 saturated carbocycles. The predicted molar refractivity (Wildman–Crippen MR) is 66.6 cm³/mol. The van der Waals surface area contributed by atoms with Gasteiger partial charge in [0.15, 0.2) is 0 Å². The SMILES string of the molecule is CC[C@@H](N)c1ccc(C(=O)OC(C)(C)C)cn1. The molecule has 0 fully saturated rings. The average molecular weight is 236 g/mol. The first-order valence-electron chi connectivity index (χ1n) is 5.78. The number of carbonyl (C=O) groups is 1. The summed E-state index contributed by atoms with van der Waals surface area (Å²) in [6.45, 7) is 7.49. The van der Waals surface area contributed by atoms with Gasteiger partial charge in [0.2, 0.25) is 0 Å². The summed E-state index contributed by atoms with van der Waals surface area (Å²) >= 11 is 0. The molecule has 4 heteroatoms. The molecule has 0 aromatic carbocycles. The maximum absolute atomic E-state index is 11.7. The van der Waals surface area contributed by atoms with Crippen molar-refractivity contribution in [3.05, 3.63) is 29.6 Å². The van der Waals surface area contributed by atoms with Gasteiger partial charge in [-0.05, 0) is 39.3 Å². The molecule has 0 aliphatic carbocycles. The van der Waals surface area contributed by atoms with Crippen molar-refractivity contribution >= 4 is 5.97 Å². The third kappa shape index (κ3) is 4.15. The van der Waals surface area contributed by atoms with Crippen LogP contribution in [0.25, 0.3) is 0 Å². The molecule has 1 aromatic rings. The third-order valence-corrected chi connectivity index (χ3v) is 2.24. The summed E-state index contributed by atoms with van der Waals surface area (Å²) in [5.74, 6) is -0.360. The van der Waals surface area contributed by atoms with E-state index >= 15 is 0 Å². The highest BCUT2D eigenvalue weighted by Gasteiger charge is 2.18. The molecule has 0 aliphatic heterocycles. The molecule has 0 aliphatic rings. The van der Waals surface area contributed by atoms with Crippen molar-refractivity contribution < 1.29 is 9.53 Å². The number of nitrogens with zero attached hydrogens (tertiary/aromatic N) is 1. The van der Waals surface area contributed by atoms with E-state index in [1.807, 2.05) is 27.7 Å². The second kappa shape index (κ2) is 5.27. The first-order chi connectivity index (χ1) is 7.83. The van der Waals surface area contributed by atoms with Gasteiger partial charge in [0, 0.05) is 12.2 Å². The van der Waals surface area contributed by atoms with Crippen molar-refractivity contribution in [2.75, 3.05) is 0 Å². The van der Waals surface area contributed by atoms with E-state index in [9.17, 15) is 4.79 Å². The number of nitrogens with two attached hydrogens (primary N) is 1. The number of rotatable bonds is 3. The minimum Gasteiger partial charge on any atom is -0.456 e. The van der Waals surface area contributed by atoms with Gasteiger partial charge in [-0.1, -0.05) is 6.92 Å². The van der Waals surface area contributed by atoms with Gasteiger partial charge < -0.3 is 10.5 Å². The van der Waals surface area contributed by atoms with E-state index in [0.29, 0.717) is 5.56 Å². The number of pyridine rings is 1. The molecule has 0 spiro atoms. The average Bonchev–Trinajstić information content (AvgIpc) is 2.26. The van der Waals surface area contributed by atoms with Crippen LogP contribution in [-0.2, 0) is 4.74 Å². The predicted octanol–water partition coefficient (Wildman–Crippen LogP) is 2.45. The lowest BCUT2D eigenvalue weighted by Crippen LogP contribution is -2.24. The summed E-state index contributed by atoms with van der Waals surface area (Å²) in [5, 5.41) is 0. The molecule has 0 radical (unpaired) electrons. The Morgan fingerprint density at radius 3 is 2.53 bits per heavy atom. The molecule has 0 amide bonds. The second-order valence-electron chi connectivity index (χ2n) is 4.99. The largest absolute Gasteiger partial charge is 0.456 e. The van der Waals surface area contributed by atoms with Gasteiger partial charge >= 0.3 is 5.97 Å². The van der Waals surface area contributed by atoms with Gasteiger partial charge in [0.25, 0.3) is 0 Å². The van der Waals surface area contributed by atoms with Crippen molar-refractivity contribution in [1.82, 2.24) is 4.98 Å². The van der Waals surface area contributed by atoms with Gasteiger partial charge in [-0.15, -0.1) is 0 Å². The lowest BCUT2D eigenvalue weighted by Gasteiger charge is -2.19. The Morgan fingerprint density at radius 2 is 2.12 bits per heavy atom. The highest BCUT2D eigenvalue weighted by Crippen LogP contribution is 2.14. The highest BCUT2D eigenvalue weighted by atomic mass is 16.6. The third-order valence-electron chi connectivity index (χ3n) is 2.24. The standard InChI is InChI=1S/C13H20N2O2/c1-5-10(14)11-7-6-9(8-15-11)12(16)17-13(2,3)4/h6-8,10H,5,14H2,1-4H3/t10-/m1/s1. The van der Waals surface area contributed by atoms with Crippen molar-refractivity contribution in [2.45, 2.75) is 45.8 Å². The van der Waals surface area contributed by atoms with Crippen LogP contribution in [0.15, 0.2) is 18.3 Å². The van der Waals surface area contributed by atoms with Crippen LogP contribution in [-0.4, -0.2) is 16.6 Å². The minimum atomic E-state index is -0.490. The van der Waals surface area contributed by atoms with Gasteiger partial charge in [-0.25, -0.2) is 4.79 Å². The quantitative estimate of drug-likeness (QED) is 0.819. The Balaban J connectivity index is 2.77. The Hall–Kier alpha value is -1.42. The van der Waals surface area contributed by atoms with Crippen LogP contribution < -0.4 is 5.73 Å². The number of aromatic nitrogens is 1. The molecule has 0 unspecified atom stereocenters. The monoisotopic (exact) mass is 236 g/mol. The normalized spacial score (nSPS) is 13.2. The maximum atomic E-state index is 11.7. The number of hydrogen-bond acceptors (Lipinski definition) is 4. The Bertz CT molecular complexity index is 379. The molecule has 0 bridgehead atoms. The molecule has 4 nitrogen and oxygen atoms in total.